The number of piperidine rings is 1. The fraction of sp³-hybridized carbons (Fsp3) is 0.679. The molecule has 69 heavy (non-hydrogen) atoms. The van der Waals surface area contributed by atoms with Crippen LogP contribution in [0.3, 0.4) is 0 Å². The van der Waals surface area contributed by atoms with E-state index >= 15 is 0 Å². The van der Waals surface area contributed by atoms with Crippen LogP contribution in [-0.4, -0.2) is 112 Å². The van der Waals surface area contributed by atoms with Crippen molar-refractivity contribution < 1.29 is 25.3 Å². The summed E-state index contributed by atoms with van der Waals surface area (Å²) in [4.78, 5) is 2.37. The van der Waals surface area contributed by atoms with Crippen molar-refractivity contribution in [2.75, 3.05) is 52.3 Å². The van der Waals surface area contributed by atoms with Crippen molar-refractivity contribution in [3.63, 3.8) is 0 Å². The molecular weight excluding hydrogens is 921 g/mol. The van der Waals surface area contributed by atoms with Crippen LogP contribution in [0.25, 0.3) is 0 Å². The van der Waals surface area contributed by atoms with E-state index in [1.807, 2.05) is 92.6 Å². The normalized spacial score (nSPS) is 14.5. The molecule has 0 unspecified atom stereocenters. The van der Waals surface area contributed by atoms with Crippen LogP contribution in [0, 0.1) is 6.92 Å². The molecule has 3 aromatic carbocycles. The standard InChI is InChI=1S/C14H22.C12H26N2O2S.C11H17NO2S.C11H16.C8H19NO2S/c1-13(2,3)11-7-9-12(10-8-11)14(4,5)6;1-12(2,3)14(17(4,15)16)11-10-13-8-6-5-7-9-13;1-10(2)12(3)15(13,14)9-11-7-5-4-6-8-11;1-9-5-7-10(8-6-9)11(2,3)4;1-6-7-9(8(2,3)4)12(5,10)11/h7-10H,1-6H3;5-11H2,1-4H3;4-8,10H,9H2,1-3H3;5-8H,1-4H3;6-7H2,1-5H3. The first kappa shape index (κ1) is 66.3. The Kier molecular flexibility index (Phi) is 26.9. The molecule has 0 atom stereocenters. The van der Waals surface area contributed by atoms with Gasteiger partial charge in [0.25, 0.3) is 0 Å². The molecule has 1 aliphatic heterocycles. The third-order valence-electron chi connectivity index (χ3n) is 11.7. The number of rotatable bonds is 11. The summed E-state index contributed by atoms with van der Waals surface area (Å²) in [5, 5.41) is 0. The van der Waals surface area contributed by atoms with Gasteiger partial charge in [0.1, 0.15) is 0 Å². The average molecular weight is 1020 g/mol. The van der Waals surface area contributed by atoms with Crippen LogP contribution in [0.4, 0.5) is 0 Å². The minimum Gasteiger partial charge on any atom is -0.302 e. The Morgan fingerprint density at radius 2 is 0.884 bits per heavy atom. The summed E-state index contributed by atoms with van der Waals surface area (Å²) >= 11 is 0. The Hall–Kier alpha value is -2.65. The summed E-state index contributed by atoms with van der Waals surface area (Å²) in [5.74, 6) is 0.0719. The SMILES string of the molecule is CC(C)(C)N(CCN1CCCCC1)S(C)(=O)=O.CC(C)(C)c1ccc(C(C)(C)C)cc1.CC(C)N(C)S(=O)(=O)Cc1ccccc1.CCCN(C(C)(C)C)S(C)(=O)=O.Cc1ccc(C(C)(C)C)cc1. The third kappa shape index (κ3) is 27.1. The van der Waals surface area contributed by atoms with E-state index in [0.717, 1.165) is 31.6 Å². The molecular formula is C56H100N4O6S3. The Morgan fingerprint density at radius 1 is 0.536 bits per heavy atom. The van der Waals surface area contributed by atoms with Gasteiger partial charge in [0.2, 0.25) is 30.1 Å². The lowest BCUT2D eigenvalue weighted by Crippen LogP contribution is -2.48. The van der Waals surface area contributed by atoms with Gasteiger partial charge in [-0.15, -0.1) is 0 Å². The summed E-state index contributed by atoms with van der Waals surface area (Å²) < 4.78 is 74.4. The average Bonchev–Trinajstić information content (AvgIpc) is 3.18. The van der Waals surface area contributed by atoms with E-state index in [2.05, 4.69) is 123 Å². The van der Waals surface area contributed by atoms with Crippen molar-refractivity contribution in [2.45, 2.75) is 196 Å². The maximum absolute atomic E-state index is 11.9. The van der Waals surface area contributed by atoms with Crippen LogP contribution in [0.2, 0.25) is 0 Å². The van der Waals surface area contributed by atoms with E-state index in [1.165, 1.54) is 62.6 Å². The van der Waals surface area contributed by atoms with Crippen molar-refractivity contribution in [1.82, 2.24) is 17.8 Å². The van der Waals surface area contributed by atoms with Crippen molar-refractivity contribution in [2.24, 2.45) is 0 Å². The molecule has 0 amide bonds. The summed E-state index contributed by atoms with van der Waals surface area (Å²) in [6, 6.07) is 27.0. The number of hydrogen-bond donors (Lipinski definition) is 0. The zero-order valence-corrected chi connectivity index (χ0v) is 50.1. The third-order valence-corrected chi connectivity index (χ3v) is 16.7. The van der Waals surface area contributed by atoms with Crippen molar-refractivity contribution in [3.05, 3.63) is 107 Å². The second-order valence-corrected chi connectivity index (χ2v) is 29.8. The molecule has 0 saturated carbocycles. The molecule has 0 radical (unpaired) electrons. The lowest BCUT2D eigenvalue weighted by Gasteiger charge is -2.35. The molecule has 3 aromatic rings. The van der Waals surface area contributed by atoms with Gasteiger partial charge in [-0.2, -0.15) is 8.61 Å². The molecule has 0 spiro atoms. The number of nitrogens with zero attached hydrogens (tertiary/aromatic N) is 4. The monoisotopic (exact) mass is 1020 g/mol. The molecule has 10 nitrogen and oxygen atoms in total. The number of sulfonamides is 3. The fourth-order valence-corrected chi connectivity index (χ4v) is 11.7. The first-order valence-corrected chi connectivity index (χ1v) is 30.2. The van der Waals surface area contributed by atoms with E-state index < -0.39 is 30.1 Å². The summed E-state index contributed by atoms with van der Waals surface area (Å²) in [7, 11) is -7.73. The molecule has 4 rings (SSSR count). The number of benzene rings is 3. The minimum atomic E-state index is -3.18. The van der Waals surface area contributed by atoms with E-state index in [1.54, 1.807) is 11.4 Å². The first-order chi connectivity index (χ1) is 31.0. The molecule has 0 aliphatic carbocycles. The highest BCUT2D eigenvalue weighted by Crippen LogP contribution is 2.27. The second-order valence-electron chi connectivity index (χ2n) is 24.0. The molecule has 1 aliphatic rings. The second kappa shape index (κ2) is 28.0. The van der Waals surface area contributed by atoms with Gasteiger partial charge in [-0.05, 0) is 133 Å². The first-order valence-electron chi connectivity index (χ1n) is 24.9. The molecule has 398 valence electrons. The van der Waals surface area contributed by atoms with Crippen LogP contribution >= 0.6 is 0 Å². The van der Waals surface area contributed by atoms with Crippen molar-refractivity contribution in [1.29, 1.82) is 0 Å². The van der Waals surface area contributed by atoms with Crippen molar-refractivity contribution >= 4 is 30.1 Å². The van der Waals surface area contributed by atoms with Gasteiger partial charge in [-0.3, -0.25) is 0 Å². The van der Waals surface area contributed by atoms with Gasteiger partial charge in [0.15, 0.2) is 0 Å². The molecule has 1 fully saturated rings. The molecule has 1 heterocycles. The van der Waals surface area contributed by atoms with Crippen LogP contribution < -0.4 is 0 Å². The maximum atomic E-state index is 11.9. The number of likely N-dealkylation sites (tertiary alicyclic amines) is 1. The number of hydrogen-bond acceptors (Lipinski definition) is 7. The van der Waals surface area contributed by atoms with E-state index in [4.69, 9.17) is 0 Å². The Morgan fingerprint density at radius 3 is 1.17 bits per heavy atom. The summed E-state index contributed by atoms with van der Waals surface area (Å²) in [6.07, 6.45) is 7.21. The van der Waals surface area contributed by atoms with E-state index in [-0.39, 0.29) is 39.1 Å². The zero-order chi connectivity index (χ0) is 54.0. The molecule has 0 N–H and O–H groups in total. The largest absolute Gasteiger partial charge is 0.302 e. The van der Waals surface area contributed by atoms with Crippen LogP contribution in [0.5, 0.6) is 0 Å². The topological polar surface area (TPSA) is 115 Å². The highest BCUT2D eigenvalue weighted by Gasteiger charge is 2.30. The molecule has 0 bridgehead atoms. The van der Waals surface area contributed by atoms with E-state index in [0.29, 0.717) is 13.1 Å². The number of aryl methyl sites for hydroxylation is 1. The van der Waals surface area contributed by atoms with Gasteiger partial charge in [-0.25, -0.2) is 29.6 Å². The van der Waals surface area contributed by atoms with Gasteiger partial charge >= 0.3 is 0 Å². The fourth-order valence-electron chi connectivity index (χ4n) is 7.35. The smallest absolute Gasteiger partial charge is 0.218 e. The maximum Gasteiger partial charge on any atom is 0.218 e. The quantitative estimate of drug-likeness (QED) is 0.188. The van der Waals surface area contributed by atoms with Gasteiger partial charge in [0, 0.05) is 43.8 Å². The van der Waals surface area contributed by atoms with Crippen LogP contribution in [0.15, 0.2) is 78.9 Å². The molecule has 13 heteroatoms. The summed E-state index contributed by atoms with van der Waals surface area (Å²) in [5.41, 5.74) is 6.55. The molecule has 1 saturated heterocycles. The molecule has 0 aromatic heterocycles. The summed E-state index contributed by atoms with van der Waals surface area (Å²) in [6.45, 7) is 43.9. The lowest BCUT2D eigenvalue weighted by atomic mass is 9.82. The Labute approximate surface area is 426 Å². The van der Waals surface area contributed by atoms with Gasteiger partial charge < -0.3 is 4.90 Å². The van der Waals surface area contributed by atoms with Gasteiger partial charge in [-0.1, -0.05) is 160 Å². The Balaban J connectivity index is 0.000000844. The highest BCUT2D eigenvalue weighted by atomic mass is 32.2. The van der Waals surface area contributed by atoms with Gasteiger partial charge in [0.05, 0.1) is 18.3 Å². The predicted molar refractivity (Wildman–Crippen MR) is 299 cm³/mol. The van der Waals surface area contributed by atoms with Crippen LogP contribution in [-0.2, 0) is 52.1 Å². The Bertz CT molecular complexity index is 2190. The van der Waals surface area contributed by atoms with Crippen molar-refractivity contribution in [3.8, 4) is 0 Å². The van der Waals surface area contributed by atoms with Crippen LogP contribution in [0.1, 0.15) is 178 Å². The predicted octanol–water partition coefficient (Wildman–Crippen LogP) is 12.4. The highest BCUT2D eigenvalue weighted by molar-refractivity contribution is 7.88. The lowest BCUT2D eigenvalue weighted by molar-refractivity contribution is 0.180. The zero-order valence-electron chi connectivity index (χ0n) is 47.6. The minimum absolute atomic E-state index is 0.00119. The van der Waals surface area contributed by atoms with E-state index in [9.17, 15) is 25.3 Å².